The number of hydrogen-bond donors (Lipinski definition) is 1. The smallest absolute Gasteiger partial charge is 0.200 e. The van der Waals surface area contributed by atoms with Gasteiger partial charge in [0.25, 0.3) is 0 Å². The zero-order valence-corrected chi connectivity index (χ0v) is 13.2. The predicted molar refractivity (Wildman–Crippen MR) is 88.9 cm³/mol. The molecule has 0 saturated heterocycles. The lowest BCUT2D eigenvalue weighted by atomic mass is 10.0. The molecule has 3 aromatic rings. The lowest BCUT2D eigenvalue weighted by Gasteiger charge is -2.12. The highest BCUT2D eigenvalue weighted by Crippen LogP contribution is 2.33. The molecule has 0 saturated carbocycles. The minimum Gasteiger partial charge on any atom is -0.508 e. The Labute approximate surface area is 136 Å². The number of hydrogen-bond acceptors (Lipinski definition) is 3. The number of rotatable bonds is 2. The number of halogens is 2. The van der Waals surface area contributed by atoms with Gasteiger partial charge in [-0.1, -0.05) is 23.7 Å². The van der Waals surface area contributed by atoms with Crippen LogP contribution in [0.4, 0.5) is 0 Å². The van der Waals surface area contributed by atoms with Crippen molar-refractivity contribution in [3.05, 3.63) is 63.5 Å². The van der Waals surface area contributed by atoms with Crippen molar-refractivity contribution in [3.63, 3.8) is 0 Å². The summed E-state index contributed by atoms with van der Waals surface area (Å²) in [6.07, 6.45) is 0. The Morgan fingerprint density at radius 1 is 1.14 bits per heavy atom. The summed E-state index contributed by atoms with van der Waals surface area (Å²) in [6.45, 7) is 1.73. The zero-order chi connectivity index (χ0) is 15.9. The normalized spacial score (nSPS) is 12.5. The van der Waals surface area contributed by atoms with E-state index < -0.39 is 5.38 Å². The van der Waals surface area contributed by atoms with Crippen molar-refractivity contribution in [1.82, 2.24) is 0 Å². The Morgan fingerprint density at radius 3 is 2.45 bits per heavy atom. The summed E-state index contributed by atoms with van der Waals surface area (Å²) in [5.41, 5.74) is 1.23. The fourth-order valence-corrected chi connectivity index (χ4v) is 2.65. The standard InChI is InChI=1S/C17H12Cl2O3/c1-9(18)17-15(10-2-4-11(19)5-3-10)16(21)13-7-6-12(20)8-14(13)22-17/h2-9,20H,1H3. The first-order valence-electron chi connectivity index (χ1n) is 6.67. The summed E-state index contributed by atoms with van der Waals surface area (Å²) in [4.78, 5) is 12.8. The van der Waals surface area contributed by atoms with Crippen LogP contribution in [-0.4, -0.2) is 5.11 Å². The zero-order valence-electron chi connectivity index (χ0n) is 11.6. The molecule has 1 aromatic heterocycles. The minimum atomic E-state index is -0.495. The van der Waals surface area contributed by atoms with Crippen molar-refractivity contribution in [3.8, 4) is 16.9 Å². The number of benzene rings is 2. The number of phenolic OH excluding ortho intramolecular Hbond substituents is 1. The first-order chi connectivity index (χ1) is 10.5. The van der Waals surface area contributed by atoms with E-state index in [1.807, 2.05) is 0 Å². The molecule has 3 rings (SSSR count). The maximum Gasteiger partial charge on any atom is 0.200 e. The third-order valence-corrected chi connectivity index (χ3v) is 3.85. The second-order valence-electron chi connectivity index (χ2n) is 4.97. The van der Waals surface area contributed by atoms with Gasteiger partial charge >= 0.3 is 0 Å². The van der Waals surface area contributed by atoms with Gasteiger partial charge in [0, 0.05) is 11.1 Å². The predicted octanol–water partition coefficient (Wildman–Crippen LogP) is 5.12. The second-order valence-corrected chi connectivity index (χ2v) is 6.06. The minimum absolute atomic E-state index is 0.0306. The molecular weight excluding hydrogens is 323 g/mol. The second kappa shape index (κ2) is 5.67. The largest absolute Gasteiger partial charge is 0.508 e. The Balaban J connectivity index is 2.39. The third kappa shape index (κ3) is 2.58. The van der Waals surface area contributed by atoms with E-state index in [1.165, 1.54) is 12.1 Å². The first kappa shape index (κ1) is 14.9. The fraction of sp³-hybridized carbons (Fsp3) is 0.118. The van der Waals surface area contributed by atoms with E-state index in [2.05, 4.69) is 0 Å². The highest BCUT2D eigenvalue weighted by Gasteiger charge is 2.19. The summed E-state index contributed by atoms with van der Waals surface area (Å²) in [5.74, 6) is 0.398. The topological polar surface area (TPSA) is 50.4 Å². The van der Waals surface area contributed by atoms with E-state index in [4.69, 9.17) is 27.6 Å². The van der Waals surface area contributed by atoms with Gasteiger partial charge in [0.2, 0.25) is 5.43 Å². The summed E-state index contributed by atoms with van der Waals surface area (Å²) < 4.78 is 5.78. The Hall–Kier alpha value is -1.97. The van der Waals surface area contributed by atoms with Crippen molar-refractivity contribution < 1.29 is 9.52 Å². The summed E-state index contributed by atoms with van der Waals surface area (Å²) in [5, 5.41) is 10.0. The van der Waals surface area contributed by atoms with E-state index in [0.717, 1.165) is 0 Å². The molecule has 0 spiro atoms. The van der Waals surface area contributed by atoms with Gasteiger partial charge in [0.05, 0.1) is 16.3 Å². The maximum absolute atomic E-state index is 12.8. The van der Waals surface area contributed by atoms with Crippen LogP contribution in [0, 0.1) is 0 Å². The molecule has 0 bridgehead atoms. The van der Waals surface area contributed by atoms with Crippen LogP contribution in [0.5, 0.6) is 5.75 Å². The maximum atomic E-state index is 12.8. The molecule has 1 N–H and O–H groups in total. The number of fused-ring (bicyclic) bond motifs is 1. The van der Waals surface area contributed by atoms with Crippen molar-refractivity contribution in [2.75, 3.05) is 0 Å². The first-order valence-corrected chi connectivity index (χ1v) is 7.48. The third-order valence-electron chi connectivity index (χ3n) is 3.40. The van der Waals surface area contributed by atoms with Crippen LogP contribution in [-0.2, 0) is 0 Å². The van der Waals surface area contributed by atoms with E-state index in [1.54, 1.807) is 37.3 Å². The van der Waals surface area contributed by atoms with Crippen molar-refractivity contribution in [2.45, 2.75) is 12.3 Å². The molecule has 5 heteroatoms. The molecule has 0 aliphatic rings. The van der Waals surface area contributed by atoms with Gasteiger partial charge in [0.15, 0.2) is 0 Å². The summed E-state index contributed by atoms with van der Waals surface area (Å²) in [6, 6.07) is 11.3. The van der Waals surface area contributed by atoms with Gasteiger partial charge in [-0.05, 0) is 36.8 Å². The van der Waals surface area contributed by atoms with Crippen molar-refractivity contribution >= 4 is 34.2 Å². The summed E-state index contributed by atoms with van der Waals surface area (Å²) >= 11 is 12.1. The van der Waals surface area contributed by atoms with Gasteiger partial charge in [-0.2, -0.15) is 0 Å². The average molecular weight is 335 g/mol. The quantitative estimate of drug-likeness (QED) is 0.662. The van der Waals surface area contributed by atoms with Gasteiger partial charge in [-0.3, -0.25) is 4.79 Å². The van der Waals surface area contributed by atoms with Gasteiger partial charge in [-0.25, -0.2) is 0 Å². The van der Waals surface area contributed by atoms with E-state index in [-0.39, 0.29) is 11.2 Å². The fourth-order valence-electron chi connectivity index (χ4n) is 2.37. The lowest BCUT2D eigenvalue weighted by Crippen LogP contribution is -2.09. The monoisotopic (exact) mass is 334 g/mol. The van der Waals surface area contributed by atoms with Gasteiger partial charge in [-0.15, -0.1) is 11.6 Å². The Morgan fingerprint density at radius 2 is 1.82 bits per heavy atom. The molecule has 2 aromatic carbocycles. The van der Waals surface area contributed by atoms with E-state index in [9.17, 15) is 9.90 Å². The molecule has 1 heterocycles. The van der Waals surface area contributed by atoms with E-state index >= 15 is 0 Å². The molecule has 0 aliphatic carbocycles. The SMILES string of the molecule is CC(Cl)c1oc2cc(O)ccc2c(=O)c1-c1ccc(Cl)cc1. The molecule has 0 amide bonds. The van der Waals surface area contributed by atoms with Crippen LogP contribution in [0.3, 0.4) is 0 Å². The number of alkyl halides is 1. The number of aromatic hydroxyl groups is 1. The molecule has 1 atom stereocenters. The molecule has 0 radical (unpaired) electrons. The van der Waals surface area contributed by atoms with Gasteiger partial charge < -0.3 is 9.52 Å². The highest BCUT2D eigenvalue weighted by molar-refractivity contribution is 6.30. The summed E-state index contributed by atoms with van der Waals surface area (Å²) in [7, 11) is 0. The van der Waals surface area contributed by atoms with Crippen molar-refractivity contribution in [1.29, 1.82) is 0 Å². The van der Waals surface area contributed by atoms with Crippen LogP contribution < -0.4 is 5.43 Å². The lowest BCUT2D eigenvalue weighted by molar-refractivity contribution is 0.472. The van der Waals surface area contributed by atoms with Crippen LogP contribution in [0.2, 0.25) is 5.02 Å². The highest BCUT2D eigenvalue weighted by atomic mass is 35.5. The molecule has 0 fully saturated rings. The molecule has 1 unspecified atom stereocenters. The molecular formula is C17H12Cl2O3. The number of phenols is 1. The average Bonchev–Trinajstić information content (AvgIpc) is 2.48. The van der Waals surface area contributed by atoms with Crippen molar-refractivity contribution in [2.24, 2.45) is 0 Å². The Bertz CT molecular complexity index is 896. The van der Waals surface area contributed by atoms with E-state index in [0.29, 0.717) is 32.9 Å². The molecule has 3 nitrogen and oxygen atoms in total. The molecule has 22 heavy (non-hydrogen) atoms. The van der Waals surface area contributed by atoms with Crippen LogP contribution >= 0.6 is 23.2 Å². The van der Waals surface area contributed by atoms with Crippen LogP contribution in [0.15, 0.2) is 51.7 Å². The van der Waals surface area contributed by atoms with Gasteiger partial charge in [0.1, 0.15) is 17.1 Å². The van der Waals surface area contributed by atoms with Crippen LogP contribution in [0.25, 0.3) is 22.1 Å². The van der Waals surface area contributed by atoms with Crippen LogP contribution in [0.1, 0.15) is 18.1 Å². The Kier molecular flexibility index (Phi) is 3.85. The molecule has 112 valence electrons. The molecule has 0 aliphatic heterocycles.